The summed E-state index contributed by atoms with van der Waals surface area (Å²) in [5.41, 5.74) is 0.637. The molecular formula is C14H13FO2S2. The minimum atomic E-state index is -1.43. The van der Waals surface area contributed by atoms with Crippen LogP contribution in [0.25, 0.3) is 0 Å². The van der Waals surface area contributed by atoms with E-state index in [1.54, 1.807) is 11.3 Å². The van der Waals surface area contributed by atoms with Gasteiger partial charge in [-0.1, -0.05) is 0 Å². The van der Waals surface area contributed by atoms with Crippen molar-refractivity contribution in [1.82, 2.24) is 0 Å². The van der Waals surface area contributed by atoms with E-state index in [0.29, 0.717) is 10.5 Å². The van der Waals surface area contributed by atoms with E-state index in [4.69, 9.17) is 0 Å². The average molecular weight is 296 g/mol. The lowest BCUT2D eigenvalue weighted by Gasteiger charge is -2.02. The maximum atomic E-state index is 12.8. The van der Waals surface area contributed by atoms with Gasteiger partial charge in [0, 0.05) is 20.2 Å². The minimum absolute atomic E-state index is 0.0668. The molecule has 0 spiro atoms. The number of carbonyl (C=O) groups is 1. The van der Waals surface area contributed by atoms with Gasteiger partial charge in [0.15, 0.2) is 5.78 Å². The van der Waals surface area contributed by atoms with Crippen molar-refractivity contribution >= 4 is 27.9 Å². The van der Waals surface area contributed by atoms with Crippen molar-refractivity contribution in [3.63, 3.8) is 0 Å². The third kappa shape index (κ3) is 3.36. The molecule has 1 aromatic carbocycles. The van der Waals surface area contributed by atoms with Crippen molar-refractivity contribution in [2.24, 2.45) is 0 Å². The van der Waals surface area contributed by atoms with Gasteiger partial charge in [-0.3, -0.25) is 9.00 Å². The number of thiophene rings is 1. The minimum Gasteiger partial charge on any atom is -0.293 e. The van der Waals surface area contributed by atoms with Crippen LogP contribution in [-0.4, -0.2) is 15.7 Å². The molecule has 0 N–H and O–H groups in total. The highest BCUT2D eigenvalue weighted by Crippen LogP contribution is 2.21. The lowest BCUT2D eigenvalue weighted by atomic mass is 10.2. The lowest BCUT2D eigenvalue weighted by Crippen LogP contribution is -2.11. The van der Waals surface area contributed by atoms with Gasteiger partial charge in [0.1, 0.15) is 5.82 Å². The van der Waals surface area contributed by atoms with Crippen LogP contribution < -0.4 is 0 Å². The van der Waals surface area contributed by atoms with E-state index >= 15 is 0 Å². The summed E-state index contributed by atoms with van der Waals surface area (Å²) < 4.78 is 24.8. The summed E-state index contributed by atoms with van der Waals surface area (Å²) in [5, 5.41) is 0. The van der Waals surface area contributed by atoms with E-state index in [0.717, 1.165) is 9.75 Å². The predicted octanol–water partition coefficient (Wildman–Crippen LogP) is 3.49. The Morgan fingerprint density at radius 2 is 1.89 bits per heavy atom. The molecule has 0 amide bonds. The zero-order chi connectivity index (χ0) is 14.0. The first kappa shape index (κ1) is 14.1. The van der Waals surface area contributed by atoms with E-state index in [1.165, 1.54) is 24.3 Å². The van der Waals surface area contributed by atoms with Crippen LogP contribution in [-0.2, 0) is 10.8 Å². The highest BCUT2D eigenvalue weighted by atomic mass is 32.2. The second-order valence-corrected chi connectivity index (χ2v) is 7.11. The molecule has 0 bridgehead atoms. The molecule has 19 heavy (non-hydrogen) atoms. The standard InChI is InChI=1S/C14H13FO2S2/c1-9-7-13(10(2)18-9)14(16)8-19(17)12-5-3-11(15)4-6-12/h3-7H,8H2,1-2H3. The van der Waals surface area contributed by atoms with Crippen LogP contribution in [0, 0.1) is 19.7 Å². The predicted molar refractivity (Wildman–Crippen MR) is 75.8 cm³/mol. The number of ketones is 1. The highest BCUT2D eigenvalue weighted by molar-refractivity contribution is 7.85. The molecule has 2 rings (SSSR count). The molecule has 0 saturated heterocycles. The van der Waals surface area contributed by atoms with Crippen LogP contribution in [0.5, 0.6) is 0 Å². The van der Waals surface area contributed by atoms with Gasteiger partial charge in [-0.05, 0) is 44.2 Å². The normalized spacial score (nSPS) is 12.4. The number of aryl methyl sites for hydroxylation is 2. The fraction of sp³-hybridized carbons (Fsp3) is 0.214. The molecule has 100 valence electrons. The molecular weight excluding hydrogens is 283 g/mol. The molecule has 0 aliphatic rings. The molecule has 0 saturated carbocycles. The summed E-state index contributed by atoms with van der Waals surface area (Å²) in [4.78, 5) is 14.5. The fourth-order valence-electron chi connectivity index (χ4n) is 1.77. The van der Waals surface area contributed by atoms with E-state index in [2.05, 4.69) is 0 Å². The van der Waals surface area contributed by atoms with Crippen molar-refractivity contribution in [2.75, 3.05) is 5.75 Å². The maximum Gasteiger partial charge on any atom is 0.176 e. The number of Topliss-reactive ketones (excluding diaryl/α,β-unsaturated/α-hetero) is 1. The second kappa shape index (κ2) is 5.75. The zero-order valence-electron chi connectivity index (χ0n) is 10.6. The molecule has 0 fully saturated rings. The lowest BCUT2D eigenvalue weighted by molar-refractivity contribution is 0.102. The number of rotatable bonds is 4. The number of carbonyl (C=O) groups excluding carboxylic acids is 1. The Hall–Kier alpha value is -1.33. The van der Waals surface area contributed by atoms with Crippen molar-refractivity contribution in [2.45, 2.75) is 18.7 Å². The third-order valence-electron chi connectivity index (χ3n) is 2.68. The topological polar surface area (TPSA) is 34.1 Å². The summed E-state index contributed by atoms with van der Waals surface area (Å²) in [6, 6.07) is 7.22. The van der Waals surface area contributed by atoms with Crippen molar-refractivity contribution in [1.29, 1.82) is 0 Å². The third-order valence-corrected chi connectivity index (χ3v) is 4.97. The average Bonchev–Trinajstić information content (AvgIpc) is 2.69. The first-order valence-corrected chi connectivity index (χ1v) is 7.85. The fourth-order valence-corrected chi connectivity index (χ4v) is 3.72. The zero-order valence-corrected chi connectivity index (χ0v) is 12.2. The van der Waals surface area contributed by atoms with E-state index in [-0.39, 0.29) is 17.4 Å². The van der Waals surface area contributed by atoms with Gasteiger partial charge >= 0.3 is 0 Å². The number of hydrogen-bond donors (Lipinski definition) is 0. The van der Waals surface area contributed by atoms with Gasteiger partial charge in [-0.15, -0.1) is 11.3 Å². The highest BCUT2D eigenvalue weighted by Gasteiger charge is 2.16. The Balaban J connectivity index is 2.13. The van der Waals surface area contributed by atoms with Gasteiger partial charge in [-0.2, -0.15) is 0 Å². The molecule has 0 radical (unpaired) electrons. The number of hydrogen-bond acceptors (Lipinski definition) is 3. The van der Waals surface area contributed by atoms with Crippen LogP contribution in [0.3, 0.4) is 0 Å². The molecule has 0 aliphatic carbocycles. The van der Waals surface area contributed by atoms with Gasteiger partial charge < -0.3 is 0 Å². The quantitative estimate of drug-likeness (QED) is 0.809. The SMILES string of the molecule is Cc1cc(C(=O)CS(=O)c2ccc(F)cc2)c(C)s1. The van der Waals surface area contributed by atoms with Crippen molar-refractivity contribution in [3.8, 4) is 0 Å². The summed E-state index contributed by atoms with van der Waals surface area (Å²) in [6.45, 7) is 3.82. The number of benzene rings is 1. The molecule has 2 aromatic rings. The second-order valence-electron chi connectivity index (χ2n) is 4.19. The van der Waals surface area contributed by atoms with Crippen LogP contribution in [0.15, 0.2) is 35.2 Å². The molecule has 1 heterocycles. The first-order valence-electron chi connectivity index (χ1n) is 5.71. The van der Waals surface area contributed by atoms with E-state index < -0.39 is 10.8 Å². The van der Waals surface area contributed by atoms with Crippen LogP contribution in [0.4, 0.5) is 4.39 Å². The van der Waals surface area contributed by atoms with E-state index in [1.807, 2.05) is 19.9 Å². The summed E-state index contributed by atoms with van der Waals surface area (Å²) >= 11 is 1.55. The maximum absolute atomic E-state index is 12.8. The molecule has 2 nitrogen and oxygen atoms in total. The Bertz CT molecular complexity index is 629. The Kier molecular flexibility index (Phi) is 4.27. The Morgan fingerprint density at radius 1 is 1.26 bits per heavy atom. The molecule has 1 atom stereocenters. The molecule has 5 heteroatoms. The summed E-state index contributed by atoms with van der Waals surface area (Å²) in [7, 11) is -1.43. The Morgan fingerprint density at radius 3 is 2.42 bits per heavy atom. The van der Waals surface area contributed by atoms with Crippen molar-refractivity contribution in [3.05, 3.63) is 51.5 Å². The molecule has 0 aliphatic heterocycles. The first-order chi connectivity index (χ1) is 8.97. The smallest absolute Gasteiger partial charge is 0.176 e. The monoisotopic (exact) mass is 296 g/mol. The largest absolute Gasteiger partial charge is 0.293 e. The number of halogens is 1. The molecule has 1 aromatic heterocycles. The molecule has 1 unspecified atom stereocenters. The van der Waals surface area contributed by atoms with E-state index in [9.17, 15) is 13.4 Å². The van der Waals surface area contributed by atoms with Gasteiger partial charge in [0.2, 0.25) is 0 Å². The summed E-state index contributed by atoms with van der Waals surface area (Å²) in [5.74, 6) is -0.580. The summed E-state index contributed by atoms with van der Waals surface area (Å²) in [6.07, 6.45) is 0. The van der Waals surface area contributed by atoms with Gasteiger partial charge in [-0.25, -0.2) is 4.39 Å². The van der Waals surface area contributed by atoms with Gasteiger partial charge in [0.25, 0.3) is 0 Å². The van der Waals surface area contributed by atoms with Crippen molar-refractivity contribution < 1.29 is 13.4 Å². The Labute approximate surface area is 117 Å². The van der Waals surface area contributed by atoms with Crippen LogP contribution in [0.2, 0.25) is 0 Å². The van der Waals surface area contributed by atoms with Crippen LogP contribution >= 0.6 is 11.3 Å². The van der Waals surface area contributed by atoms with Crippen LogP contribution in [0.1, 0.15) is 20.1 Å². The van der Waals surface area contributed by atoms with Gasteiger partial charge in [0.05, 0.1) is 16.6 Å².